The second-order valence-electron chi connectivity index (χ2n) is 5.62. The number of nitrogen functional groups attached to an aromatic ring is 1. The molecule has 1 aromatic rings. The zero-order valence-electron chi connectivity index (χ0n) is 15.3. The molecular formula is C14H29N3O7S2. The lowest BCUT2D eigenvalue weighted by molar-refractivity contribution is 0.381. The Kier molecular flexibility index (Phi) is 11.7. The lowest BCUT2D eigenvalue weighted by atomic mass is 10.0. The SMILES string of the molecule is CCC(C)Nc1ccc(N)c(C)c1CCNS(C)(=O)=O.O.O=S(=O)(O)O. The van der Waals surface area contributed by atoms with Gasteiger partial charge in [0.15, 0.2) is 0 Å². The van der Waals surface area contributed by atoms with Crippen molar-refractivity contribution >= 4 is 31.8 Å². The number of benzene rings is 1. The first kappa shape index (κ1) is 26.8. The fourth-order valence-corrected chi connectivity index (χ4v) is 2.43. The summed E-state index contributed by atoms with van der Waals surface area (Å²) in [5.41, 5.74) is 9.78. The molecule has 0 bridgehead atoms. The first-order valence-electron chi connectivity index (χ1n) is 7.53. The predicted octanol–water partition coefficient (Wildman–Crippen LogP) is 0.402. The van der Waals surface area contributed by atoms with Crippen LogP contribution in [-0.2, 0) is 26.8 Å². The van der Waals surface area contributed by atoms with E-state index in [-0.39, 0.29) is 5.48 Å². The number of sulfonamides is 1. The van der Waals surface area contributed by atoms with Crippen LogP contribution >= 0.6 is 0 Å². The Bertz CT molecular complexity index is 757. The van der Waals surface area contributed by atoms with Crippen LogP contribution in [0.15, 0.2) is 12.1 Å². The third-order valence-electron chi connectivity index (χ3n) is 3.39. The van der Waals surface area contributed by atoms with E-state index in [4.69, 9.17) is 23.3 Å². The third kappa shape index (κ3) is 12.9. The molecule has 0 saturated heterocycles. The lowest BCUT2D eigenvalue weighted by Gasteiger charge is -2.19. The maximum absolute atomic E-state index is 11.1. The van der Waals surface area contributed by atoms with E-state index in [2.05, 4.69) is 23.9 Å². The van der Waals surface area contributed by atoms with Crippen LogP contribution in [0.1, 0.15) is 31.4 Å². The van der Waals surface area contributed by atoms with Crippen molar-refractivity contribution in [1.29, 1.82) is 0 Å². The smallest absolute Gasteiger partial charge is 0.394 e. The fraction of sp³-hybridized carbons (Fsp3) is 0.571. The first-order valence-corrected chi connectivity index (χ1v) is 10.8. The van der Waals surface area contributed by atoms with E-state index in [1.807, 2.05) is 19.1 Å². The number of rotatable bonds is 7. The topological polar surface area (TPSA) is 190 Å². The van der Waals surface area contributed by atoms with Crippen molar-refractivity contribution in [3.8, 4) is 0 Å². The first-order chi connectivity index (χ1) is 11.2. The Labute approximate surface area is 155 Å². The van der Waals surface area contributed by atoms with Crippen LogP contribution in [0.5, 0.6) is 0 Å². The van der Waals surface area contributed by atoms with Crippen LogP contribution in [0.2, 0.25) is 0 Å². The van der Waals surface area contributed by atoms with Gasteiger partial charge in [0, 0.05) is 24.0 Å². The van der Waals surface area contributed by atoms with E-state index in [0.29, 0.717) is 19.0 Å². The molecule has 0 spiro atoms. The van der Waals surface area contributed by atoms with Gasteiger partial charge in [-0.15, -0.1) is 0 Å². The van der Waals surface area contributed by atoms with Gasteiger partial charge in [-0.3, -0.25) is 9.11 Å². The number of nitrogens with two attached hydrogens (primary N) is 1. The largest absolute Gasteiger partial charge is 0.412 e. The summed E-state index contributed by atoms with van der Waals surface area (Å²) in [6.45, 7) is 6.57. The van der Waals surface area contributed by atoms with Gasteiger partial charge in [-0.2, -0.15) is 8.42 Å². The molecular weight excluding hydrogens is 386 g/mol. The minimum absolute atomic E-state index is 0. The molecule has 0 aliphatic carbocycles. The number of hydrogen-bond acceptors (Lipinski definition) is 6. The molecule has 0 amide bonds. The quantitative estimate of drug-likeness (QED) is 0.312. The highest BCUT2D eigenvalue weighted by molar-refractivity contribution is 7.88. The Morgan fingerprint density at radius 1 is 1.19 bits per heavy atom. The Balaban J connectivity index is 0. The summed E-state index contributed by atoms with van der Waals surface area (Å²) in [7, 11) is -7.83. The summed E-state index contributed by atoms with van der Waals surface area (Å²) in [6.07, 6.45) is 2.80. The van der Waals surface area contributed by atoms with Gasteiger partial charge < -0.3 is 16.5 Å². The zero-order chi connectivity index (χ0) is 19.8. The van der Waals surface area contributed by atoms with Crippen molar-refractivity contribution in [3.05, 3.63) is 23.3 Å². The minimum Gasteiger partial charge on any atom is -0.412 e. The number of hydrogen-bond donors (Lipinski definition) is 5. The molecule has 154 valence electrons. The van der Waals surface area contributed by atoms with E-state index in [1.165, 1.54) is 0 Å². The van der Waals surface area contributed by atoms with Gasteiger partial charge in [-0.05, 0) is 49.9 Å². The van der Waals surface area contributed by atoms with Crippen molar-refractivity contribution in [3.63, 3.8) is 0 Å². The summed E-state index contributed by atoms with van der Waals surface area (Å²) in [5, 5.41) is 3.44. The summed E-state index contributed by atoms with van der Waals surface area (Å²) in [5.74, 6) is 0. The molecule has 1 rings (SSSR count). The van der Waals surface area contributed by atoms with E-state index >= 15 is 0 Å². The normalized spacial score (nSPS) is 12.4. The second kappa shape index (κ2) is 11.3. The summed E-state index contributed by atoms with van der Waals surface area (Å²) < 4.78 is 56.4. The highest BCUT2D eigenvalue weighted by Gasteiger charge is 2.11. The maximum Gasteiger partial charge on any atom is 0.394 e. The van der Waals surface area contributed by atoms with Crippen LogP contribution < -0.4 is 15.8 Å². The molecule has 0 radical (unpaired) electrons. The Morgan fingerprint density at radius 2 is 1.69 bits per heavy atom. The van der Waals surface area contributed by atoms with Gasteiger partial charge in [0.2, 0.25) is 10.0 Å². The molecule has 0 aliphatic heterocycles. The molecule has 26 heavy (non-hydrogen) atoms. The van der Waals surface area contributed by atoms with E-state index < -0.39 is 20.4 Å². The predicted molar refractivity (Wildman–Crippen MR) is 103 cm³/mol. The average Bonchev–Trinajstić information content (AvgIpc) is 2.42. The summed E-state index contributed by atoms with van der Waals surface area (Å²) in [4.78, 5) is 0. The minimum atomic E-state index is -4.67. The van der Waals surface area contributed by atoms with Crippen LogP contribution in [0, 0.1) is 6.92 Å². The molecule has 12 heteroatoms. The average molecular weight is 416 g/mol. The zero-order valence-corrected chi connectivity index (χ0v) is 16.9. The van der Waals surface area contributed by atoms with Gasteiger partial charge in [-0.1, -0.05) is 6.92 Å². The van der Waals surface area contributed by atoms with Gasteiger partial charge in [-0.25, -0.2) is 13.1 Å². The van der Waals surface area contributed by atoms with Crippen LogP contribution in [0.3, 0.4) is 0 Å². The van der Waals surface area contributed by atoms with Gasteiger partial charge in [0.05, 0.1) is 6.26 Å². The van der Waals surface area contributed by atoms with Gasteiger partial charge >= 0.3 is 10.4 Å². The Morgan fingerprint density at radius 3 is 2.12 bits per heavy atom. The molecule has 0 fully saturated rings. The molecule has 0 heterocycles. The van der Waals surface area contributed by atoms with Gasteiger partial charge in [0.1, 0.15) is 0 Å². The highest BCUT2D eigenvalue weighted by atomic mass is 32.3. The van der Waals surface area contributed by atoms with E-state index in [9.17, 15) is 8.42 Å². The molecule has 0 saturated carbocycles. The molecule has 8 N–H and O–H groups in total. The number of nitrogens with one attached hydrogen (secondary N) is 2. The molecule has 10 nitrogen and oxygen atoms in total. The molecule has 1 aromatic carbocycles. The standard InChI is InChI=1S/C14H25N3O2S.H2O4S.H2O/c1-5-10(2)17-14-7-6-13(15)11(3)12(14)8-9-16-20(4,18)19;1-5(2,3)4;/h6-7,10,16-17H,5,8-9,15H2,1-4H3;(H2,1,2,3,4);1H2. The van der Waals surface area contributed by atoms with Crippen molar-refractivity contribution in [2.24, 2.45) is 0 Å². The fourth-order valence-electron chi connectivity index (χ4n) is 1.96. The van der Waals surface area contributed by atoms with Gasteiger partial charge in [0.25, 0.3) is 0 Å². The molecule has 1 unspecified atom stereocenters. The second-order valence-corrected chi connectivity index (χ2v) is 8.35. The van der Waals surface area contributed by atoms with Crippen molar-refractivity contribution in [2.45, 2.75) is 39.7 Å². The van der Waals surface area contributed by atoms with E-state index in [1.54, 1.807) is 0 Å². The van der Waals surface area contributed by atoms with Crippen LogP contribution in [0.25, 0.3) is 0 Å². The van der Waals surface area contributed by atoms with Crippen LogP contribution in [-0.4, -0.2) is 50.3 Å². The summed E-state index contributed by atoms with van der Waals surface area (Å²) in [6, 6.07) is 4.21. The lowest BCUT2D eigenvalue weighted by Crippen LogP contribution is -2.25. The summed E-state index contributed by atoms with van der Waals surface area (Å²) >= 11 is 0. The molecule has 0 aromatic heterocycles. The van der Waals surface area contributed by atoms with E-state index in [0.717, 1.165) is 35.2 Å². The van der Waals surface area contributed by atoms with Crippen molar-refractivity contribution in [2.75, 3.05) is 23.9 Å². The van der Waals surface area contributed by atoms with Crippen molar-refractivity contribution < 1.29 is 31.4 Å². The monoisotopic (exact) mass is 415 g/mol. The highest BCUT2D eigenvalue weighted by Crippen LogP contribution is 2.26. The Hall–Kier alpha value is -1.44. The maximum atomic E-state index is 11.1. The molecule has 0 aliphatic rings. The molecule has 1 atom stereocenters. The third-order valence-corrected chi connectivity index (χ3v) is 4.12. The van der Waals surface area contributed by atoms with Crippen molar-refractivity contribution in [1.82, 2.24) is 4.72 Å². The number of anilines is 2. The van der Waals surface area contributed by atoms with Crippen LogP contribution in [0.4, 0.5) is 11.4 Å².